The monoisotopic (exact) mass is 465 g/mol. The zero-order chi connectivity index (χ0) is 24.1. The highest BCUT2D eigenvalue weighted by atomic mass is 19.1. The molecule has 10 nitrogen and oxygen atoms in total. The van der Waals surface area contributed by atoms with Crippen molar-refractivity contribution in [2.24, 2.45) is 11.0 Å². The fourth-order valence-electron chi connectivity index (χ4n) is 3.57. The summed E-state index contributed by atoms with van der Waals surface area (Å²) in [5, 5.41) is 8.43. The van der Waals surface area contributed by atoms with Crippen molar-refractivity contribution >= 4 is 17.7 Å². The Morgan fingerprint density at radius 2 is 2.06 bits per heavy atom. The molecule has 1 saturated heterocycles. The molecular weight excluding hydrogens is 444 g/mol. The van der Waals surface area contributed by atoms with Crippen LogP contribution in [0.25, 0.3) is 27.6 Å². The van der Waals surface area contributed by atoms with Crippen molar-refractivity contribution in [2.45, 2.75) is 19.4 Å². The normalized spacial score (nSPS) is 14.1. The fraction of sp³-hybridized carbons (Fsp3) is 0.227. The number of amides is 1. The summed E-state index contributed by atoms with van der Waals surface area (Å²) in [6, 6.07) is 7.09. The van der Waals surface area contributed by atoms with Crippen LogP contribution in [0.15, 0.2) is 60.2 Å². The van der Waals surface area contributed by atoms with Crippen molar-refractivity contribution in [2.75, 3.05) is 18.1 Å². The molecule has 0 atom stereocenters. The number of carbonyl (C=O) groups excluding carboxylic acids is 1. The first-order chi connectivity index (χ1) is 16.4. The minimum Gasteiger partial charge on any atom is -0.293 e. The molecule has 1 amide bonds. The van der Waals surface area contributed by atoms with Crippen molar-refractivity contribution in [1.29, 1.82) is 0 Å². The van der Waals surface area contributed by atoms with Crippen molar-refractivity contribution in [3.05, 3.63) is 82.5 Å². The topological polar surface area (TPSA) is 129 Å². The third-order valence-electron chi connectivity index (χ3n) is 5.30. The van der Waals surface area contributed by atoms with E-state index in [0.29, 0.717) is 36.4 Å². The van der Waals surface area contributed by atoms with Crippen LogP contribution in [-0.4, -0.2) is 44.8 Å². The lowest BCUT2D eigenvalue weighted by molar-refractivity contribution is -0.114. The van der Waals surface area contributed by atoms with Gasteiger partial charge >= 0.3 is 0 Å². The zero-order valence-corrected chi connectivity index (χ0v) is 18.0. The van der Waals surface area contributed by atoms with Gasteiger partial charge in [0.1, 0.15) is 18.7 Å². The van der Waals surface area contributed by atoms with Gasteiger partial charge in [-0.05, 0) is 29.3 Å². The maximum absolute atomic E-state index is 14.6. The van der Waals surface area contributed by atoms with E-state index in [1.165, 1.54) is 35.4 Å². The maximum atomic E-state index is 14.6. The molecule has 1 fully saturated rings. The van der Waals surface area contributed by atoms with Gasteiger partial charge in [-0.3, -0.25) is 19.4 Å². The van der Waals surface area contributed by atoms with Gasteiger partial charge in [0, 0.05) is 59.7 Å². The molecule has 1 aliphatic heterocycles. The number of rotatable bonds is 8. The summed E-state index contributed by atoms with van der Waals surface area (Å²) in [6.07, 6.45) is 7.31. The van der Waals surface area contributed by atoms with Crippen LogP contribution in [-0.2, 0) is 18.0 Å². The number of aromatic nitrogens is 3. The summed E-state index contributed by atoms with van der Waals surface area (Å²) >= 11 is 0. The van der Waals surface area contributed by atoms with Crippen LogP contribution in [0.5, 0.6) is 0 Å². The summed E-state index contributed by atoms with van der Waals surface area (Å²) in [7, 11) is 0. The summed E-state index contributed by atoms with van der Waals surface area (Å²) in [4.78, 5) is 21.1. The number of nitrogens with two attached hydrogens (primary N) is 1. The molecule has 34 heavy (non-hydrogen) atoms. The Hall–Kier alpha value is -4.12. The van der Waals surface area contributed by atoms with Gasteiger partial charge in [-0.1, -0.05) is 17.2 Å². The molecule has 174 valence electrons. The number of hydrazine groups is 1. The minimum atomic E-state index is -0.758. The van der Waals surface area contributed by atoms with Crippen molar-refractivity contribution in [3.8, 4) is 11.1 Å². The second-order valence-electron chi connectivity index (χ2n) is 7.73. The van der Waals surface area contributed by atoms with Gasteiger partial charge in [0.05, 0.1) is 18.1 Å². The summed E-state index contributed by atoms with van der Waals surface area (Å²) in [5.74, 6) is 4.85. The maximum Gasteiger partial charge on any atom is 0.265 e. The number of halogens is 2. The average molecular weight is 465 g/mol. The Bertz CT molecular complexity index is 1250. The molecule has 12 heteroatoms. The van der Waals surface area contributed by atoms with Crippen molar-refractivity contribution in [1.82, 2.24) is 19.7 Å². The molecule has 3 aromatic rings. The second kappa shape index (κ2) is 10.2. The van der Waals surface area contributed by atoms with Crippen LogP contribution in [0.2, 0.25) is 0 Å². The molecule has 1 aliphatic rings. The lowest BCUT2D eigenvalue weighted by Crippen LogP contribution is -2.47. The number of alkyl halides is 1. The van der Waals surface area contributed by atoms with E-state index < -0.39 is 17.9 Å². The van der Waals surface area contributed by atoms with Crippen molar-refractivity contribution < 1.29 is 13.6 Å². The van der Waals surface area contributed by atoms with E-state index in [-0.39, 0.29) is 12.2 Å². The number of hydrogen-bond donors (Lipinski definition) is 1. The minimum absolute atomic E-state index is 0.0395. The molecule has 0 unspecified atom stereocenters. The summed E-state index contributed by atoms with van der Waals surface area (Å²) in [5.41, 5.74) is 10.9. The lowest BCUT2D eigenvalue weighted by atomic mass is 10.0. The SMILES string of the molecule is [N-]=[N+]=NCn1cc(-c2c(F)cncc2/C=C/C(=O)N(N)c2ccc(CN3CC(F)C3)cc2)cn1. The standard InChI is InChI=1S/C22H21F2N9O/c23-18-12-31(13-18)10-15-1-4-19(5-2-15)33(26)21(34)6-3-16-7-27-9-20(24)22(16)17-8-29-32(11-17)14-28-30-25/h1-9,11,18H,10,12-14,26H2/b6-3+. The quantitative estimate of drug-likeness (QED) is 0.104. The number of anilines is 1. The molecule has 4 rings (SSSR count). The van der Waals surface area contributed by atoms with Crippen LogP contribution >= 0.6 is 0 Å². The van der Waals surface area contributed by atoms with E-state index in [9.17, 15) is 13.6 Å². The van der Waals surface area contributed by atoms with Crippen LogP contribution in [0.4, 0.5) is 14.5 Å². The molecule has 0 radical (unpaired) electrons. The Morgan fingerprint density at radius 3 is 2.76 bits per heavy atom. The van der Waals surface area contributed by atoms with E-state index >= 15 is 0 Å². The highest BCUT2D eigenvalue weighted by Crippen LogP contribution is 2.27. The van der Waals surface area contributed by atoms with Crippen LogP contribution in [0, 0.1) is 5.82 Å². The summed E-state index contributed by atoms with van der Waals surface area (Å²) in [6.45, 7) is 1.45. The van der Waals surface area contributed by atoms with E-state index in [4.69, 9.17) is 11.4 Å². The van der Waals surface area contributed by atoms with E-state index in [1.54, 1.807) is 12.1 Å². The predicted octanol–water partition coefficient (Wildman–Crippen LogP) is 3.43. The first-order valence-electron chi connectivity index (χ1n) is 10.3. The highest BCUT2D eigenvalue weighted by molar-refractivity contribution is 6.03. The van der Waals surface area contributed by atoms with E-state index in [2.05, 4.69) is 20.1 Å². The Morgan fingerprint density at radius 1 is 1.29 bits per heavy atom. The van der Waals surface area contributed by atoms with E-state index in [1.807, 2.05) is 17.0 Å². The molecule has 2 N–H and O–H groups in total. The van der Waals surface area contributed by atoms with Gasteiger partial charge in [-0.25, -0.2) is 19.6 Å². The van der Waals surface area contributed by atoms with Crippen LogP contribution in [0.3, 0.4) is 0 Å². The van der Waals surface area contributed by atoms with Crippen molar-refractivity contribution in [3.63, 3.8) is 0 Å². The Balaban J connectivity index is 1.47. The van der Waals surface area contributed by atoms with Gasteiger partial charge in [0.15, 0.2) is 0 Å². The zero-order valence-electron chi connectivity index (χ0n) is 18.0. The smallest absolute Gasteiger partial charge is 0.265 e. The van der Waals surface area contributed by atoms with Crippen LogP contribution < -0.4 is 10.9 Å². The lowest BCUT2D eigenvalue weighted by Gasteiger charge is -2.34. The van der Waals surface area contributed by atoms with Gasteiger partial charge < -0.3 is 0 Å². The largest absolute Gasteiger partial charge is 0.293 e. The number of azide groups is 1. The number of nitrogens with zero attached hydrogens (tertiary/aromatic N) is 8. The molecule has 0 aliphatic carbocycles. The second-order valence-corrected chi connectivity index (χ2v) is 7.73. The molecular formula is C22H21F2N9O. The molecule has 3 heterocycles. The first-order valence-corrected chi connectivity index (χ1v) is 10.3. The van der Waals surface area contributed by atoms with E-state index in [0.717, 1.165) is 16.8 Å². The van der Waals surface area contributed by atoms with Gasteiger partial charge in [-0.2, -0.15) is 5.10 Å². The first kappa shape index (κ1) is 23.1. The van der Waals surface area contributed by atoms with Gasteiger partial charge in [0.25, 0.3) is 5.91 Å². The summed E-state index contributed by atoms with van der Waals surface area (Å²) < 4.78 is 28.9. The number of carbonyl (C=O) groups is 1. The average Bonchev–Trinajstić information content (AvgIpc) is 3.28. The van der Waals surface area contributed by atoms with Gasteiger partial charge in [-0.15, -0.1) is 0 Å². The number of pyridine rings is 1. The highest BCUT2D eigenvalue weighted by Gasteiger charge is 2.25. The number of benzene rings is 1. The predicted molar refractivity (Wildman–Crippen MR) is 122 cm³/mol. The molecule has 0 bridgehead atoms. The third kappa shape index (κ3) is 5.26. The van der Waals surface area contributed by atoms with Gasteiger partial charge in [0.2, 0.25) is 0 Å². The van der Waals surface area contributed by atoms with Crippen LogP contribution in [0.1, 0.15) is 11.1 Å². The molecule has 0 spiro atoms. The molecule has 2 aromatic heterocycles. The fourth-order valence-corrected chi connectivity index (χ4v) is 3.57. The molecule has 0 saturated carbocycles. The molecule has 1 aromatic carbocycles. The Labute approximate surface area is 193 Å². The number of likely N-dealkylation sites (tertiary alicyclic amines) is 1. The Kier molecular flexibility index (Phi) is 6.93. The third-order valence-corrected chi connectivity index (χ3v) is 5.30. The number of hydrogen-bond acceptors (Lipinski definition) is 6.